The largest absolute Gasteiger partial charge is 0.493 e. The number of benzene rings is 2. The van der Waals surface area contributed by atoms with Crippen molar-refractivity contribution in [2.24, 2.45) is 0 Å². The number of hydrogen-bond acceptors (Lipinski definition) is 4. The number of hydrogen-bond donors (Lipinski definition) is 1. The van der Waals surface area contributed by atoms with Crippen molar-refractivity contribution >= 4 is 21.8 Å². The molecule has 1 amide bonds. The van der Waals surface area contributed by atoms with Gasteiger partial charge in [0, 0.05) is 27.5 Å². The minimum Gasteiger partial charge on any atom is -0.493 e. The van der Waals surface area contributed by atoms with Crippen molar-refractivity contribution in [3.8, 4) is 11.5 Å². The molecular weight excluding hydrogens is 456 g/mol. The lowest BCUT2D eigenvalue weighted by Crippen LogP contribution is -2.51. The van der Waals surface area contributed by atoms with Crippen molar-refractivity contribution in [3.05, 3.63) is 57.6 Å². The fraction of sp³-hybridized carbons (Fsp3) is 0.480. The Morgan fingerprint density at radius 2 is 1.90 bits per heavy atom. The Balaban J connectivity index is 1.54. The predicted octanol–water partition coefficient (Wildman–Crippen LogP) is 4.70. The SMILES string of the molecule is COc1ccc([C@@]23CC[C@@H](NC(=O)c4ccc(Br)c(C)c4)C[C@@H]2N(C)CC3)cc1OC. The Kier molecular flexibility index (Phi) is 6.31. The molecule has 0 spiro atoms. The number of likely N-dealkylation sites (N-methyl/N-ethyl adjacent to an activating group) is 1. The van der Waals surface area contributed by atoms with Crippen molar-refractivity contribution < 1.29 is 14.3 Å². The van der Waals surface area contributed by atoms with Gasteiger partial charge in [-0.1, -0.05) is 22.0 Å². The number of nitrogens with one attached hydrogen (secondary N) is 1. The first-order valence-electron chi connectivity index (χ1n) is 10.9. The van der Waals surface area contributed by atoms with E-state index in [1.54, 1.807) is 14.2 Å². The van der Waals surface area contributed by atoms with Crippen LogP contribution in [-0.4, -0.2) is 50.7 Å². The van der Waals surface area contributed by atoms with E-state index in [0.717, 1.165) is 59.3 Å². The Morgan fingerprint density at radius 1 is 1.13 bits per heavy atom. The fourth-order valence-corrected chi connectivity index (χ4v) is 5.70. The molecule has 2 aromatic carbocycles. The highest BCUT2D eigenvalue weighted by Gasteiger charge is 2.50. The lowest BCUT2D eigenvalue weighted by atomic mass is 9.65. The maximum Gasteiger partial charge on any atom is 0.251 e. The first-order valence-corrected chi connectivity index (χ1v) is 11.7. The second-order valence-electron chi connectivity index (χ2n) is 8.88. The van der Waals surface area contributed by atoms with E-state index < -0.39 is 0 Å². The number of likely N-dealkylation sites (tertiary alicyclic amines) is 1. The van der Waals surface area contributed by atoms with Crippen LogP contribution in [-0.2, 0) is 5.41 Å². The molecule has 2 aliphatic rings. The Labute approximate surface area is 193 Å². The first-order chi connectivity index (χ1) is 14.9. The second kappa shape index (κ2) is 8.83. The molecular formula is C25H31BrN2O3. The topological polar surface area (TPSA) is 50.8 Å². The third kappa shape index (κ3) is 4.08. The summed E-state index contributed by atoms with van der Waals surface area (Å²) >= 11 is 3.51. The van der Waals surface area contributed by atoms with Gasteiger partial charge in [-0.05, 0) is 87.7 Å². The van der Waals surface area contributed by atoms with Crippen LogP contribution < -0.4 is 14.8 Å². The van der Waals surface area contributed by atoms with Gasteiger partial charge in [0.15, 0.2) is 11.5 Å². The van der Waals surface area contributed by atoms with E-state index in [0.29, 0.717) is 6.04 Å². The average molecular weight is 487 g/mol. The molecule has 1 saturated heterocycles. The molecule has 1 heterocycles. The van der Waals surface area contributed by atoms with Gasteiger partial charge in [0.05, 0.1) is 14.2 Å². The molecule has 2 fully saturated rings. The summed E-state index contributed by atoms with van der Waals surface area (Å²) in [5, 5.41) is 3.30. The molecule has 1 aliphatic carbocycles. The smallest absolute Gasteiger partial charge is 0.251 e. The van der Waals surface area contributed by atoms with Crippen LogP contribution >= 0.6 is 15.9 Å². The summed E-state index contributed by atoms with van der Waals surface area (Å²) in [6.07, 6.45) is 4.09. The molecule has 0 unspecified atom stereocenters. The van der Waals surface area contributed by atoms with E-state index in [-0.39, 0.29) is 17.4 Å². The number of aryl methyl sites for hydroxylation is 1. The molecule has 4 rings (SSSR count). The van der Waals surface area contributed by atoms with E-state index >= 15 is 0 Å². The maximum absolute atomic E-state index is 12.9. The van der Waals surface area contributed by atoms with E-state index in [1.807, 2.05) is 31.2 Å². The summed E-state index contributed by atoms with van der Waals surface area (Å²) < 4.78 is 12.0. The average Bonchev–Trinajstić information content (AvgIpc) is 3.12. The summed E-state index contributed by atoms with van der Waals surface area (Å²) in [7, 11) is 5.56. The van der Waals surface area contributed by atoms with Gasteiger partial charge in [0.1, 0.15) is 0 Å². The van der Waals surface area contributed by atoms with Crippen molar-refractivity contribution in [2.45, 2.75) is 50.1 Å². The summed E-state index contributed by atoms with van der Waals surface area (Å²) in [5.74, 6) is 1.56. The van der Waals surface area contributed by atoms with Gasteiger partial charge in [0.25, 0.3) is 5.91 Å². The molecule has 0 bridgehead atoms. The monoisotopic (exact) mass is 486 g/mol. The normalized spacial score (nSPS) is 25.7. The number of nitrogens with zero attached hydrogens (tertiary/aromatic N) is 1. The van der Waals surface area contributed by atoms with Crippen LogP contribution in [0.1, 0.15) is 47.2 Å². The molecule has 0 radical (unpaired) electrons. The highest BCUT2D eigenvalue weighted by molar-refractivity contribution is 9.10. The third-order valence-electron chi connectivity index (χ3n) is 7.24. The van der Waals surface area contributed by atoms with Crippen molar-refractivity contribution in [3.63, 3.8) is 0 Å². The van der Waals surface area contributed by atoms with Crippen LogP contribution in [0, 0.1) is 6.92 Å². The van der Waals surface area contributed by atoms with Crippen LogP contribution in [0.2, 0.25) is 0 Å². The Morgan fingerprint density at radius 3 is 2.61 bits per heavy atom. The number of amides is 1. The van der Waals surface area contributed by atoms with Crippen molar-refractivity contribution in [2.75, 3.05) is 27.8 Å². The molecule has 0 aromatic heterocycles. The number of methoxy groups -OCH3 is 2. The summed E-state index contributed by atoms with van der Waals surface area (Å²) in [6.45, 7) is 3.07. The maximum atomic E-state index is 12.9. The zero-order chi connectivity index (χ0) is 22.2. The number of carbonyl (C=O) groups excluding carboxylic acids is 1. The third-order valence-corrected chi connectivity index (χ3v) is 8.13. The zero-order valence-electron chi connectivity index (χ0n) is 18.7. The van der Waals surface area contributed by atoms with Crippen LogP contribution in [0.25, 0.3) is 0 Å². The molecule has 1 saturated carbocycles. The number of carbonyl (C=O) groups is 1. The Bertz CT molecular complexity index is 979. The van der Waals surface area contributed by atoms with Crippen LogP contribution in [0.15, 0.2) is 40.9 Å². The quantitative estimate of drug-likeness (QED) is 0.665. The van der Waals surface area contributed by atoms with E-state index in [4.69, 9.17) is 9.47 Å². The molecule has 31 heavy (non-hydrogen) atoms. The molecule has 2 aromatic rings. The standard InChI is InChI=1S/C25H31BrN2O3/c1-16-13-17(5-7-20(16)26)24(29)27-19-9-10-25(11-12-28(2)23(25)15-19)18-6-8-21(30-3)22(14-18)31-4/h5-8,13-14,19,23H,9-12,15H2,1-4H3,(H,27,29)/t19-,23+,25+/m1/s1. The van der Waals surface area contributed by atoms with Gasteiger partial charge >= 0.3 is 0 Å². The summed E-state index contributed by atoms with van der Waals surface area (Å²) in [5.41, 5.74) is 3.19. The number of fused-ring (bicyclic) bond motifs is 1. The Hall–Kier alpha value is -2.05. The lowest BCUT2D eigenvalue weighted by molar-refractivity contribution is 0.0889. The highest BCUT2D eigenvalue weighted by atomic mass is 79.9. The lowest BCUT2D eigenvalue weighted by Gasteiger charge is -2.45. The number of ether oxygens (including phenoxy) is 2. The van der Waals surface area contributed by atoms with Gasteiger partial charge in [-0.15, -0.1) is 0 Å². The molecule has 1 N–H and O–H groups in total. The van der Waals surface area contributed by atoms with Gasteiger partial charge in [-0.2, -0.15) is 0 Å². The molecule has 166 valence electrons. The van der Waals surface area contributed by atoms with Crippen LogP contribution in [0.3, 0.4) is 0 Å². The van der Waals surface area contributed by atoms with Gasteiger partial charge in [0.2, 0.25) is 0 Å². The summed E-state index contributed by atoms with van der Waals surface area (Å²) in [4.78, 5) is 15.3. The fourth-order valence-electron chi connectivity index (χ4n) is 5.45. The van der Waals surface area contributed by atoms with E-state index in [9.17, 15) is 4.79 Å². The minimum atomic E-state index is 0.0138. The molecule has 1 aliphatic heterocycles. The first kappa shape index (κ1) is 22.2. The van der Waals surface area contributed by atoms with Gasteiger partial charge in [-0.3, -0.25) is 4.79 Å². The van der Waals surface area contributed by atoms with Crippen molar-refractivity contribution in [1.29, 1.82) is 0 Å². The highest BCUT2D eigenvalue weighted by Crippen LogP contribution is 2.49. The minimum absolute atomic E-state index is 0.0138. The predicted molar refractivity (Wildman–Crippen MR) is 126 cm³/mol. The second-order valence-corrected chi connectivity index (χ2v) is 9.74. The van der Waals surface area contributed by atoms with E-state index in [1.165, 1.54) is 5.56 Å². The zero-order valence-corrected chi connectivity index (χ0v) is 20.3. The number of halogens is 1. The summed E-state index contributed by atoms with van der Waals surface area (Å²) in [6, 6.07) is 12.7. The van der Waals surface area contributed by atoms with Gasteiger partial charge in [-0.25, -0.2) is 0 Å². The van der Waals surface area contributed by atoms with Crippen molar-refractivity contribution in [1.82, 2.24) is 10.2 Å². The van der Waals surface area contributed by atoms with Crippen LogP contribution in [0.4, 0.5) is 0 Å². The molecule has 3 atom stereocenters. The van der Waals surface area contributed by atoms with E-state index in [2.05, 4.69) is 45.3 Å². The molecule has 6 heteroatoms. The van der Waals surface area contributed by atoms with Gasteiger partial charge < -0.3 is 19.7 Å². The molecule has 5 nitrogen and oxygen atoms in total. The van der Waals surface area contributed by atoms with Crippen LogP contribution in [0.5, 0.6) is 11.5 Å². The number of rotatable bonds is 5.